The summed E-state index contributed by atoms with van der Waals surface area (Å²) in [6, 6.07) is 14.5. The number of rotatable bonds is 8. The maximum Gasteiger partial charge on any atom is 0.347 e. The molecule has 254 valence electrons. The fraction of sp³-hybridized carbons (Fsp3) is 0.514. The van der Waals surface area contributed by atoms with Crippen LogP contribution in [0.15, 0.2) is 60.7 Å². The van der Waals surface area contributed by atoms with E-state index in [0.29, 0.717) is 0 Å². The number of carbonyl (C=O) groups excluding carboxylic acids is 4. The molecule has 2 heterocycles. The molecule has 2 aliphatic heterocycles. The van der Waals surface area contributed by atoms with E-state index in [-0.39, 0.29) is 49.9 Å². The molecule has 2 aromatic rings. The molecule has 4 rings (SSSR count). The van der Waals surface area contributed by atoms with Crippen LogP contribution in [0.25, 0.3) is 0 Å². The molecule has 1 saturated heterocycles. The van der Waals surface area contributed by atoms with Crippen LogP contribution >= 0.6 is 0 Å². The van der Waals surface area contributed by atoms with Crippen LogP contribution in [0.5, 0.6) is 5.75 Å². The predicted octanol–water partition coefficient (Wildman–Crippen LogP) is 4.78. The lowest BCUT2D eigenvalue weighted by atomic mass is 9.92. The van der Waals surface area contributed by atoms with Crippen molar-refractivity contribution in [1.82, 2.24) is 10.6 Å². The molecule has 1 fully saturated rings. The van der Waals surface area contributed by atoms with Gasteiger partial charge in [-0.3, -0.25) is 14.4 Å². The maximum atomic E-state index is 13.6. The molecule has 47 heavy (non-hydrogen) atoms. The van der Waals surface area contributed by atoms with Crippen LogP contribution in [-0.4, -0.2) is 61.8 Å². The minimum atomic E-state index is -1.18. The van der Waals surface area contributed by atoms with E-state index >= 15 is 0 Å². The van der Waals surface area contributed by atoms with Crippen molar-refractivity contribution in [2.75, 3.05) is 13.7 Å². The van der Waals surface area contributed by atoms with Crippen molar-refractivity contribution in [3.63, 3.8) is 0 Å². The fourth-order valence-electron chi connectivity index (χ4n) is 5.70. The summed E-state index contributed by atoms with van der Waals surface area (Å²) in [5.41, 5.74) is 1.58. The monoisotopic (exact) mass is 648 g/mol. The summed E-state index contributed by atoms with van der Waals surface area (Å²) in [4.78, 5) is 53.7. The van der Waals surface area contributed by atoms with E-state index in [1.165, 1.54) is 6.08 Å². The maximum absolute atomic E-state index is 13.6. The molecule has 10 nitrogen and oxygen atoms in total. The van der Waals surface area contributed by atoms with Crippen molar-refractivity contribution in [3.8, 4) is 5.75 Å². The zero-order valence-electron chi connectivity index (χ0n) is 28.4. The van der Waals surface area contributed by atoms with Gasteiger partial charge in [-0.1, -0.05) is 69.3 Å². The van der Waals surface area contributed by atoms with E-state index in [0.717, 1.165) is 22.4 Å². The largest absolute Gasteiger partial charge is 0.496 e. The van der Waals surface area contributed by atoms with Gasteiger partial charge in [0.25, 0.3) is 0 Å². The van der Waals surface area contributed by atoms with Crippen molar-refractivity contribution >= 4 is 23.8 Å². The van der Waals surface area contributed by atoms with Crippen molar-refractivity contribution in [1.29, 1.82) is 0 Å². The van der Waals surface area contributed by atoms with E-state index in [1.54, 1.807) is 27.0 Å². The number of methoxy groups -OCH3 is 1. The first-order valence-electron chi connectivity index (χ1n) is 16.3. The highest BCUT2D eigenvalue weighted by atomic mass is 16.6. The summed E-state index contributed by atoms with van der Waals surface area (Å²) in [5.74, 6) is -1.70. The van der Waals surface area contributed by atoms with Gasteiger partial charge in [-0.2, -0.15) is 0 Å². The van der Waals surface area contributed by atoms with Crippen molar-refractivity contribution < 1.29 is 38.1 Å². The van der Waals surface area contributed by atoms with Crippen molar-refractivity contribution in [2.24, 2.45) is 17.3 Å². The minimum Gasteiger partial charge on any atom is -0.496 e. The predicted molar refractivity (Wildman–Crippen MR) is 176 cm³/mol. The zero-order chi connectivity index (χ0) is 34.3. The Labute approximate surface area is 277 Å². The fourth-order valence-corrected chi connectivity index (χ4v) is 5.70. The van der Waals surface area contributed by atoms with Gasteiger partial charge in [-0.15, -0.1) is 0 Å². The summed E-state index contributed by atoms with van der Waals surface area (Å²) < 4.78 is 23.2. The van der Waals surface area contributed by atoms with Gasteiger partial charge in [0.1, 0.15) is 24.0 Å². The number of aryl methyl sites for hydroxylation is 1. The lowest BCUT2D eigenvalue weighted by Crippen LogP contribution is -2.51. The zero-order valence-corrected chi connectivity index (χ0v) is 28.4. The van der Waals surface area contributed by atoms with Gasteiger partial charge in [0.05, 0.1) is 18.6 Å². The number of benzene rings is 2. The van der Waals surface area contributed by atoms with Crippen LogP contribution in [0, 0.1) is 24.2 Å². The topological polar surface area (TPSA) is 133 Å². The molecule has 0 aromatic heterocycles. The summed E-state index contributed by atoms with van der Waals surface area (Å²) in [7, 11) is 1.59. The van der Waals surface area contributed by atoms with Crippen LogP contribution < -0.4 is 15.4 Å². The first-order valence-corrected chi connectivity index (χ1v) is 16.3. The molecule has 2 aromatic carbocycles. The first kappa shape index (κ1) is 35.7. The molecule has 2 aliphatic rings. The quantitative estimate of drug-likeness (QED) is 0.309. The normalized spacial score (nSPS) is 26.8. The van der Waals surface area contributed by atoms with Crippen LogP contribution in [0.2, 0.25) is 0 Å². The van der Waals surface area contributed by atoms with Crippen molar-refractivity contribution in [3.05, 3.63) is 77.4 Å². The molecule has 0 saturated carbocycles. The lowest BCUT2D eigenvalue weighted by molar-refractivity contribution is -0.179. The van der Waals surface area contributed by atoms with E-state index in [2.05, 4.69) is 10.6 Å². The highest BCUT2D eigenvalue weighted by Crippen LogP contribution is 2.45. The van der Waals surface area contributed by atoms with Gasteiger partial charge in [0, 0.05) is 25.3 Å². The lowest BCUT2D eigenvalue weighted by Gasteiger charge is -2.29. The number of cyclic esters (lactones) is 2. The summed E-state index contributed by atoms with van der Waals surface area (Å²) >= 11 is 0. The second kappa shape index (κ2) is 15.6. The minimum absolute atomic E-state index is 0.0322. The molecule has 6 atom stereocenters. The number of nitrogens with one attached hydrogen (secondary N) is 2. The van der Waals surface area contributed by atoms with Gasteiger partial charge in [-0.25, -0.2) is 4.79 Å². The molecule has 0 aliphatic carbocycles. The smallest absolute Gasteiger partial charge is 0.347 e. The number of epoxide rings is 1. The van der Waals surface area contributed by atoms with Crippen LogP contribution in [-0.2, 0) is 39.8 Å². The van der Waals surface area contributed by atoms with E-state index in [9.17, 15) is 19.2 Å². The molecular weight excluding hydrogens is 600 g/mol. The number of hydrogen-bond donors (Lipinski definition) is 2. The van der Waals surface area contributed by atoms with E-state index in [1.807, 2.05) is 76.2 Å². The Morgan fingerprint density at radius 1 is 1.00 bits per heavy atom. The highest BCUT2D eigenvalue weighted by Gasteiger charge is 2.48. The van der Waals surface area contributed by atoms with E-state index < -0.39 is 47.4 Å². The Morgan fingerprint density at radius 2 is 1.72 bits per heavy atom. The third kappa shape index (κ3) is 9.67. The molecule has 1 unspecified atom stereocenters. The standard InChI is InChI=1S/C37H48N2O8/c1-22(2)18-30-35(42)45-29(24(4)32-33(47-32)26-12-9-8-10-13-26)14-11-15-31(40)39-27(20-25-16-17-28(44-7)23(3)19-25)34(41)38-21-37(5,6)36(43)46-30/h8-13,15-17,19,22,24,27,29-30,32-33H,14,18,20-21H2,1-7H3,(H,38,41)(H,39,40)/b15-11+/t24-,27?,29-,30-,32+,33+/m0/s1. The highest BCUT2D eigenvalue weighted by molar-refractivity contribution is 5.93. The summed E-state index contributed by atoms with van der Waals surface area (Å²) in [6.45, 7) is 10.9. The molecule has 2 amide bonds. The van der Waals surface area contributed by atoms with Crippen molar-refractivity contribution in [2.45, 2.75) is 91.3 Å². The molecule has 0 radical (unpaired) electrons. The number of ether oxygens (including phenoxy) is 4. The molecule has 10 heteroatoms. The second-order valence-corrected chi connectivity index (χ2v) is 13.6. The summed E-state index contributed by atoms with van der Waals surface area (Å²) in [6.07, 6.45) is 1.55. The average Bonchev–Trinajstić information content (AvgIpc) is 3.83. The first-order chi connectivity index (χ1) is 22.3. The number of hydrogen-bond acceptors (Lipinski definition) is 8. The van der Waals surface area contributed by atoms with Crippen LogP contribution in [0.3, 0.4) is 0 Å². The van der Waals surface area contributed by atoms with Crippen LogP contribution in [0.1, 0.15) is 70.3 Å². The Bertz CT molecular complexity index is 1450. The van der Waals surface area contributed by atoms with Gasteiger partial charge in [0.15, 0.2) is 6.10 Å². The van der Waals surface area contributed by atoms with E-state index in [4.69, 9.17) is 18.9 Å². The SMILES string of the molecule is COc1ccc(CC2NC(=O)/C=C/C[C@@H]([C@H](C)[C@H]3O[C@@H]3c3ccccc3)OC(=O)[C@H](CC(C)C)OC(=O)C(C)(C)CNC2=O)cc1C. The Morgan fingerprint density at radius 3 is 2.38 bits per heavy atom. The molecule has 0 spiro atoms. The molecule has 2 N–H and O–H groups in total. The third-order valence-corrected chi connectivity index (χ3v) is 8.65. The van der Waals surface area contributed by atoms with Gasteiger partial charge < -0.3 is 29.6 Å². The molecule has 0 bridgehead atoms. The van der Waals surface area contributed by atoms with Crippen LogP contribution in [0.4, 0.5) is 0 Å². The second-order valence-electron chi connectivity index (χ2n) is 13.6. The average molecular weight is 649 g/mol. The third-order valence-electron chi connectivity index (χ3n) is 8.65. The van der Waals surface area contributed by atoms with Gasteiger partial charge in [-0.05, 0) is 61.9 Å². The van der Waals surface area contributed by atoms with Gasteiger partial charge >= 0.3 is 11.9 Å². The van der Waals surface area contributed by atoms with Gasteiger partial charge in [0.2, 0.25) is 11.8 Å². The number of carbonyl (C=O) groups is 4. The Hall–Kier alpha value is -4.18. The number of esters is 2. The summed E-state index contributed by atoms with van der Waals surface area (Å²) in [5, 5.41) is 5.62. The Kier molecular flexibility index (Phi) is 11.8. The molecular formula is C37H48N2O8. The Balaban J connectivity index is 1.61. The number of amides is 2.